The fourth-order valence-corrected chi connectivity index (χ4v) is 7.04. The third-order valence-electron chi connectivity index (χ3n) is 8.44. The van der Waals surface area contributed by atoms with Crippen LogP contribution in [0.5, 0.6) is 0 Å². The molecule has 0 amide bonds. The van der Waals surface area contributed by atoms with Gasteiger partial charge in [-0.2, -0.15) is 0 Å². The van der Waals surface area contributed by atoms with Gasteiger partial charge in [0.25, 0.3) is 0 Å². The Labute approximate surface area is 213 Å². The van der Waals surface area contributed by atoms with E-state index in [0.29, 0.717) is 0 Å². The molecule has 2 aliphatic rings. The van der Waals surface area contributed by atoms with Gasteiger partial charge in [0, 0.05) is 40.8 Å². The molecule has 1 nitrogen and oxygen atoms in total. The average Bonchev–Trinajstić information content (AvgIpc) is 3.64. The number of nitrogens with zero attached hydrogens (tertiary/aromatic N) is 1. The Hall–Kier alpha value is -4.10. The summed E-state index contributed by atoms with van der Waals surface area (Å²) in [6.07, 6.45) is 9.24. The molecule has 2 aliphatic carbocycles. The zero-order chi connectivity index (χ0) is 24.3. The molecule has 1 heterocycles. The minimum absolute atomic E-state index is 0.163. The van der Waals surface area contributed by atoms with Crippen LogP contribution in [0.25, 0.3) is 22.2 Å². The first kappa shape index (κ1) is 21.2. The minimum Gasteiger partial charge on any atom is -0.343 e. The molecule has 36 heavy (non-hydrogen) atoms. The molecular formula is C35H29N. The van der Waals surface area contributed by atoms with Gasteiger partial charge in [0.05, 0.1) is 5.69 Å². The first-order valence-electron chi connectivity index (χ1n) is 12.9. The van der Waals surface area contributed by atoms with E-state index in [2.05, 4.69) is 146 Å². The monoisotopic (exact) mass is 463 g/mol. The van der Waals surface area contributed by atoms with Gasteiger partial charge in [-0.25, -0.2) is 0 Å². The molecule has 1 heteroatoms. The van der Waals surface area contributed by atoms with Crippen molar-refractivity contribution in [2.24, 2.45) is 13.0 Å². The highest BCUT2D eigenvalue weighted by atomic mass is 15.0. The van der Waals surface area contributed by atoms with Crippen molar-refractivity contribution in [3.63, 3.8) is 0 Å². The van der Waals surface area contributed by atoms with Gasteiger partial charge in [-0.3, -0.25) is 0 Å². The van der Waals surface area contributed by atoms with Crippen LogP contribution in [0, 0.1) is 12.8 Å². The number of hydrogen-bond acceptors (Lipinski definition) is 0. The molecule has 7 rings (SSSR count). The highest BCUT2D eigenvalue weighted by Gasteiger charge is 2.52. The second-order valence-electron chi connectivity index (χ2n) is 10.3. The van der Waals surface area contributed by atoms with Crippen molar-refractivity contribution in [3.8, 4) is 11.3 Å². The Morgan fingerprint density at radius 3 is 1.97 bits per heavy atom. The summed E-state index contributed by atoms with van der Waals surface area (Å²) in [4.78, 5) is 0. The van der Waals surface area contributed by atoms with Crippen molar-refractivity contribution in [1.82, 2.24) is 4.57 Å². The van der Waals surface area contributed by atoms with Gasteiger partial charge in [-0.15, -0.1) is 0 Å². The van der Waals surface area contributed by atoms with E-state index in [1.165, 1.54) is 50.0 Å². The van der Waals surface area contributed by atoms with E-state index in [1.807, 2.05) is 0 Å². The van der Waals surface area contributed by atoms with Gasteiger partial charge < -0.3 is 4.57 Å². The Kier molecular flexibility index (Phi) is 4.69. The summed E-state index contributed by atoms with van der Waals surface area (Å²) in [6.45, 7) is 2.21. The van der Waals surface area contributed by atoms with Gasteiger partial charge >= 0.3 is 0 Å². The predicted octanol–water partition coefficient (Wildman–Crippen LogP) is 8.33. The lowest BCUT2D eigenvalue weighted by Crippen LogP contribution is -2.40. The normalized spacial score (nSPS) is 16.6. The SMILES string of the molecule is Cc1ccc2c(c1)c1c(n2C)-c2ccccc2C1C(c1ccccc1)(c1ccccc1)C1C=CC=C1. The molecule has 5 aromatic rings. The molecule has 0 fully saturated rings. The molecular weight excluding hydrogens is 434 g/mol. The summed E-state index contributed by atoms with van der Waals surface area (Å²) in [5, 5.41) is 1.37. The number of fused-ring (bicyclic) bond motifs is 5. The first-order valence-corrected chi connectivity index (χ1v) is 12.9. The van der Waals surface area contributed by atoms with Crippen molar-refractivity contribution in [2.45, 2.75) is 18.3 Å². The second-order valence-corrected chi connectivity index (χ2v) is 10.3. The maximum absolute atomic E-state index is 2.42. The zero-order valence-corrected chi connectivity index (χ0v) is 20.7. The third kappa shape index (κ3) is 2.77. The summed E-state index contributed by atoms with van der Waals surface area (Å²) < 4.78 is 2.42. The molecule has 0 saturated carbocycles. The number of aromatic nitrogens is 1. The maximum Gasteiger partial charge on any atom is 0.0531 e. The van der Waals surface area contributed by atoms with Crippen molar-refractivity contribution >= 4 is 10.9 Å². The Morgan fingerprint density at radius 1 is 0.694 bits per heavy atom. The molecule has 174 valence electrons. The Bertz CT molecular complexity index is 1600. The first-order chi connectivity index (χ1) is 17.7. The Balaban J connectivity index is 1.68. The van der Waals surface area contributed by atoms with E-state index in [1.54, 1.807) is 0 Å². The fourth-order valence-electron chi connectivity index (χ4n) is 7.04. The largest absolute Gasteiger partial charge is 0.343 e. The van der Waals surface area contributed by atoms with Crippen LogP contribution in [0.1, 0.15) is 33.7 Å². The van der Waals surface area contributed by atoms with Gasteiger partial charge in [0.15, 0.2) is 0 Å². The number of rotatable bonds is 4. The molecule has 0 saturated heterocycles. The average molecular weight is 464 g/mol. The molecule has 0 aliphatic heterocycles. The van der Waals surface area contributed by atoms with Crippen molar-refractivity contribution < 1.29 is 0 Å². The molecule has 0 spiro atoms. The molecule has 0 radical (unpaired) electrons. The van der Waals surface area contributed by atoms with Crippen LogP contribution >= 0.6 is 0 Å². The smallest absolute Gasteiger partial charge is 0.0531 e. The van der Waals surface area contributed by atoms with E-state index in [0.717, 1.165) is 0 Å². The predicted molar refractivity (Wildman–Crippen MR) is 150 cm³/mol. The van der Waals surface area contributed by atoms with Gasteiger partial charge in [-0.1, -0.05) is 121 Å². The quantitative estimate of drug-likeness (QED) is 0.252. The highest BCUT2D eigenvalue weighted by molar-refractivity contribution is 5.97. The fraction of sp³-hybridized carbons (Fsp3) is 0.143. The molecule has 4 aromatic carbocycles. The van der Waals surface area contributed by atoms with Crippen LogP contribution in [0.4, 0.5) is 0 Å². The standard InChI is InChI=1S/C35H29N/c1-24-21-22-31-30(23-24)32-33(28-19-11-12-20-29(28)34(32)36(31)2)35(27-17-9-10-18-27,25-13-5-3-6-14-25)26-15-7-4-8-16-26/h3-23,27,33H,1-2H3. The van der Waals surface area contributed by atoms with Crippen LogP contribution < -0.4 is 0 Å². The highest BCUT2D eigenvalue weighted by Crippen LogP contribution is 2.61. The number of allylic oxidation sites excluding steroid dienone is 4. The minimum atomic E-state index is -0.300. The van der Waals surface area contributed by atoms with Gasteiger partial charge in [0.1, 0.15) is 0 Å². The van der Waals surface area contributed by atoms with Crippen LogP contribution in [0.2, 0.25) is 0 Å². The lowest BCUT2D eigenvalue weighted by Gasteiger charge is -2.45. The topological polar surface area (TPSA) is 4.93 Å². The molecule has 1 aromatic heterocycles. The summed E-state index contributed by atoms with van der Waals surface area (Å²) in [7, 11) is 2.23. The van der Waals surface area contributed by atoms with E-state index >= 15 is 0 Å². The van der Waals surface area contributed by atoms with Crippen LogP contribution in [0.15, 0.2) is 127 Å². The van der Waals surface area contributed by atoms with E-state index in [9.17, 15) is 0 Å². The molecule has 0 N–H and O–H groups in total. The van der Waals surface area contributed by atoms with Crippen molar-refractivity contribution in [2.75, 3.05) is 0 Å². The Morgan fingerprint density at radius 2 is 1.31 bits per heavy atom. The zero-order valence-electron chi connectivity index (χ0n) is 20.7. The van der Waals surface area contributed by atoms with Crippen molar-refractivity contribution in [1.29, 1.82) is 0 Å². The summed E-state index contributed by atoms with van der Waals surface area (Å²) in [5.41, 5.74) is 10.6. The second kappa shape index (κ2) is 7.96. The third-order valence-corrected chi connectivity index (χ3v) is 8.44. The molecule has 0 bridgehead atoms. The lowest BCUT2D eigenvalue weighted by molar-refractivity contribution is 0.397. The van der Waals surface area contributed by atoms with Crippen molar-refractivity contribution in [3.05, 3.63) is 155 Å². The number of hydrogen-bond donors (Lipinski definition) is 0. The number of aryl methyl sites for hydroxylation is 2. The van der Waals surface area contributed by atoms with Crippen LogP contribution in [-0.2, 0) is 12.5 Å². The van der Waals surface area contributed by atoms with E-state index in [4.69, 9.17) is 0 Å². The summed E-state index contributed by atoms with van der Waals surface area (Å²) in [6, 6.07) is 38.4. The molecule has 1 atom stereocenters. The van der Waals surface area contributed by atoms with Gasteiger partial charge in [-0.05, 0) is 41.3 Å². The molecule has 1 unspecified atom stereocenters. The lowest BCUT2D eigenvalue weighted by atomic mass is 9.56. The van der Waals surface area contributed by atoms with Crippen LogP contribution in [-0.4, -0.2) is 4.57 Å². The number of benzene rings is 4. The summed E-state index contributed by atoms with van der Waals surface area (Å²) in [5.74, 6) is 0.391. The maximum atomic E-state index is 2.42. The van der Waals surface area contributed by atoms with Crippen LogP contribution in [0.3, 0.4) is 0 Å². The van der Waals surface area contributed by atoms with E-state index in [-0.39, 0.29) is 17.3 Å². The van der Waals surface area contributed by atoms with Gasteiger partial charge in [0.2, 0.25) is 0 Å². The summed E-state index contributed by atoms with van der Waals surface area (Å²) >= 11 is 0. The van der Waals surface area contributed by atoms with E-state index < -0.39 is 0 Å².